The monoisotopic (exact) mass is 232 g/mol. The Hall–Kier alpha value is -1.08. The van der Waals surface area contributed by atoms with Crippen LogP contribution in [0.4, 0.5) is 0 Å². The van der Waals surface area contributed by atoms with E-state index in [1.54, 1.807) is 0 Å². The van der Waals surface area contributed by atoms with Crippen LogP contribution in [0.3, 0.4) is 0 Å². The summed E-state index contributed by atoms with van der Waals surface area (Å²) < 4.78 is 6.17. The first-order chi connectivity index (χ1) is 7.53. The largest absolute Gasteiger partial charge is 0.410 e. The van der Waals surface area contributed by atoms with E-state index in [2.05, 4.69) is 44.1 Å². The van der Waals surface area contributed by atoms with Gasteiger partial charge in [0.1, 0.15) is 0 Å². The third-order valence-electron chi connectivity index (χ3n) is 2.14. The van der Waals surface area contributed by atoms with Crippen LogP contribution in [-0.4, -0.2) is 8.32 Å². The molecule has 0 aliphatic heterocycles. The fourth-order valence-electron chi connectivity index (χ4n) is 1.54. The van der Waals surface area contributed by atoms with Gasteiger partial charge in [-0.15, -0.1) is 5.73 Å². The molecule has 0 aromatic heterocycles. The van der Waals surface area contributed by atoms with E-state index in [9.17, 15) is 0 Å². The zero-order valence-electron chi connectivity index (χ0n) is 10.4. The van der Waals surface area contributed by atoms with Crippen molar-refractivity contribution in [2.75, 3.05) is 0 Å². The predicted octanol–water partition coefficient (Wildman–Crippen LogP) is 4.31. The van der Waals surface area contributed by atoms with Crippen LogP contribution in [0.2, 0.25) is 19.6 Å². The quantitative estimate of drug-likeness (QED) is 0.543. The lowest BCUT2D eigenvalue weighted by atomic mass is 10.1. The highest BCUT2D eigenvalue weighted by Gasteiger charge is 2.21. The Morgan fingerprint density at radius 2 is 1.94 bits per heavy atom. The highest BCUT2D eigenvalue weighted by molar-refractivity contribution is 6.69. The summed E-state index contributed by atoms with van der Waals surface area (Å²) >= 11 is 0. The van der Waals surface area contributed by atoms with Crippen LogP contribution in [-0.2, 0) is 4.43 Å². The van der Waals surface area contributed by atoms with Crippen LogP contribution in [0.25, 0.3) is 0 Å². The fraction of sp³-hybridized carbons (Fsp3) is 0.357. The van der Waals surface area contributed by atoms with Crippen molar-refractivity contribution in [2.45, 2.75) is 32.2 Å². The lowest BCUT2D eigenvalue weighted by Crippen LogP contribution is -2.27. The zero-order chi connectivity index (χ0) is 12.0. The molecular formula is C14H20OSi. The van der Waals surface area contributed by atoms with E-state index in [4.69, 9.17) is 4.43 Å². The molecule has 0 bridgehead atoms. The number of benzene rings is 1. The van der Waals surface area contributed by atoms with Crippen LogP contribution < -0.4 is 0 Å². The van der Waals surface area contributed by atoms with Crippen LogP contribution >= 0.6 is 0 Å². The van der Waals surface area contributed by atoms with Crippen LogP contribution in [0.1, 0.15) is 18.1 Å². The third-order valence-corrected chi connectivity index (χ3v) is 3.14. The topological polar surface area (TPSA) is 9.23 Å². The normalized spacial score (nSPS) is 12.9. The van der Waals surface area contributed by atoms with Crippen molar-refractivity contribution in [3.63, 3.8) is 0 Å². The fourth-order valence-corrected chi connectivity index (χ4v) is 2.62. The molecule has 0 saturated heterocycles. The Kier molecular flexibility index (Phi) is 4.75. The molecule has 0 spiro atoms. The standard InChI is InChI=1S/C14H20OSi/c1-5-6-12-14(15-16(2,3)4)13-10-8-7-9-11-13/h6-11,14H,1,12H2,2-4H3. The molecule has 1 aromatic rings. The molecule has 0 fully saturated rings. The van der Waals surface area contributed by atoms with E-state index in [0.717, 1.165) is 6.42 Å². The van der Waals surface area contributed by atoms with Gasteiger partial charge in [-0.25, -0.2) is 0 Å². The highest BCUT2D eigenvalue weighted by Crippen LogP contribution is 2.25. The van der Waals surface area contributed by atoms with Gasteiger partial charge in [-0.1, -0.05) is 36.9 Å². The molecule has 1 nitrogen and oxygen atoms in total. The summed E-state index contributed by atoms with van der Waals surface area (Å²) in [5.74, 6) is 0. The average Bonchev–Trinajstić information content (AvgIpc) is 2.24. The van der Waals surface area contributed by atoms with Crippen molar-refractivity contribution in [3.05, 3.63) is 54.3 Å². The maximum Gasteiger partial charge on any atom is 0.184 e. The third kappa shape index (κ3) is 4.62. The molecule has 1 aromatic carbocycles. The van der Waals surface area contributed by atoms with Crippen LogP contribution in [0, 0.1) is 0 Å². The van der Waals surface area contributed by atoms with Gasteiger partial charge in [0.2, 0.25) is 0 Å². The molecule has 1 atom stereocenters. The minimum absolute atomic E-state index is 0.141. The first-order valence-corrected chi connectivity index (χ1v) is 9.01. The van der Waals surface area contributed by atoms with Crippen LogP contribution in [0.15, 0.2) is 48.7 Å². The van der Waals surface area contributed by atoms with Gasteiger partial charge < -0.3 is 4.43 Å². The van der Waals surface area contributed by atoms with Crippen molar-refractivity contribution in [1.29, 1.82) is 0 Å². The summed E-state index contributed by atoms with van der Waals surface area (Å²) in [6.45, 7) is 10.2. The molecule has 0 saturated carbocycles. The summed E-state index contributed by atoms with van der Waals surface area (Å²) in [7, 11) is -1.52. The highest BCUT2D eigenvalue weighted by atomic mass is 28.4. The summed E-state index contributed by atoms with van der Waals surface area (Å²) in [5, 5.41) is 0. The van der Waals surface area contributed by atoms with Gasteiger partial charge in [-0.3, -0.25) is 0 Å². The minimum Gasteiger partial charge on any atom is -0.410 e. The van der Waals surface area contributed by atoms with E-state index < -0.39 is 8.32 Å². The number of rotatable bonds is 5. The average molecular weight is 232 g/mol. The molecule has 86 valence electrons. The van der Waals surface area contributed by atoms with Gasteiger partial charge in [-0.05, 0) is 31.3 Å². The zero-order valence-corrected chi connectivity index (χ0v) is 11.4. The summed E-state index contributed by atoms with van der Waals surface area (Å²) in [6.07, 6.45) is 2.93. The molecule has 16 heavy (non-hydrogen) atoms. The van der Waals surface area contributed by atoms with Crippen molar-refractivity contribution < 1.29 is 4.43 Å². The molecule has 0 aliphatic rings. The molecule has 0 amide bonds. The second-order valence-corrected chi connectivity index (χ2v) is 9.23. The predicted molar refractivity (Wildman–Crippen MR) is 71.9 cm³/mol. The minimum atomic E-state index is -1.52. The summed E-state index contributed by atoms with van der Waals surface area (Å²) in [5.41, 5.74) is 4.05. The molecule has 2 heteroatoms. The smallest absolute Gasteiger partial charge is 0.184 e. The second-order valence-electron chi connectivity index (χ2n) is 4.77. The van der Waals surface area contributed by atoms with Gasteiger partial charge in [-0.2, -0.15) is 0 Å². The SMILES string of the molecule is C=C=CCC(O[Si](C)(C)C)c1ccccc1. The Bertz CT molecular complexity index is 358. The van der Waals surface area contributed by atoms with Crippen molar-refractivity contribution in [3.8, 4) is 0 Å². The summed E-state index contributed by atoms with van der Waals surface area (Å²) in [4.78, 5) is 0. The van der Waals surface area contributed by atoms with E-state index in [-0.39, 0.29) is 6.10 Å². The number of hydrogen-bond acceptors (Lipinski definition) is 1. The molecule has 0 aliphatic carbocycles. The van der Waals surface area contributed by atoms with Gasteiger partial charge >= 0.3 is 0 Å². The van der Waals surface area contributed by atoms with Crippen LogP contribution in [0.5, 0.6) is 0 Å². The van der Waals surface area contributed by atoms with E-state index in [0.29, 0.717) is 0 Å². The molecular weight excluding hydrogens is 212 g/mol. The lowest BCUT2D eigenvalue weighted by molar-refractivity contribution is 0.201. The summed E-state index contributed by atoms with van der Waals surface area (Å²) in [6, 6.07) is 10.4. The molecule has 1 rings (SSSR count). The number of hydrogen-bond donors (Lipinski definition) is 0. The Labute approximate surface area is 99.6 Å². The molecule has 0 N–H and O–H groups in total. The first-order valence-electron chi connectivity index (χ1n) is 5.60. The van der Waals surface area contributed by atoms with Crippen molar-refractivity contribution in [1.82, 2.24) is 0 Å². The van der Waals surface area contributed by atoms with Crippen molar-refractivity contribution in [2.24, 2.45) is 0 Å². The van der Waals surface area contributed by atoms with Gasteiger partial charge in [0, 0.05) is 6.42 Å². The molecule has 0 radical (unpaired) electrons. The van der Waals surface area contributed by atoms with Gasteiger partial charge in [0.05, 0.1) is 6.10 Å². The van der Waals surface area contributed by atoms with E-state index in [1.807, 2.05) is 24.3 Å². The van der Waals surface area contributed by atoms with Gasteiger partial charge in [0.25, 0.3) is 0 Å². The Morgan fingerprint density at radius 1 is 1.31 bits per heavy atom. The Balaban J connectivity index is 2.83. The maximum absolute atomic E-state index is 6.17. The maximum atomic E-state index is 6.17. The first kappa shape index (κ1) is 13.0. The second kappa shape index (κ2) is 5.85. The van der Waals surface area contributed by atoms with E-state index >= 15 is 0 Å². The Morgan fingerprint density at radius 3 is 2.44 bits per heavy atom. The van der Waals surface area contributed by atoms with Crippen molar-refractivity contribution >= 4 is 8.32 Å². The van der Waals surface area contributed by atoms with Gasteiger partial charge in [0.15, 0.2) is 8.32 Å². The molecule has 1 unspecified atom stereocenters. The lowest BCUT2D eigenvalue weighted by Gasteiger charge is -2.25. The molecule has 0 heterocycles. The van der Waals surface area contributed by atoms with E-state index in [1.165, 1.54) is 5.56 Å².